The van der Waals surface area contributed by atoms with E-state index in [9.17, 15) is 0 Å². The van der Waals surface area contributed by atoms with E-state index < -0.39 is 0 Å². The zero-order chi connectivity index (χ0) is 13.0. The monoisotopic (exact) mass is 246 g/mol. The summed E-state index contributed by atoms with van der Waals surface area (Å²) in [6.07, 6.45) is 2.57. The van der Waals surface area contributed by atoms with E-state index >= 15 is 0 Å². The molecule has 2 atom stereocenters. The van der Waals surface area contributed by atoms with Crippen LogP contribution < -0.4 is 5.32 Å². The van der Waals surface area contributed by atoms with E-state index in [1.165, 1.54) is 43.6 Å². The molecule has 0 saturated carbocycles. The van der Waals surface area contributed by atoms with Crippen molar-refractivity contribution in [2.45, 2.75) is 32.7 Å². The Morgan fingerprint density at radius 1 is 1.39 bits per heavy atom. The molecule has 0 aliphatic carbocycles. The molecule has 1 fully saturated rings. The summed E-state index contributed by atoms with van der Waals surface area (Å²) in [7, 11) is 2.07. The van der Waals surface area contributed by atoms with Crippen molar-refractivity contribution in [2.75, 3.05) is 26.7 Å². The minimum Gasteiger partial charge on any atom is -0.313 e. The number of likely N-dealkylation sites (tertiary alicyclic amines) is 1. The number of aryl methyl sites for hydroxylation is 1. The molecule has 1 saturated heterocycles. The number of benzene rings is 1. The number of rotatable bonds is 5. The Labute approximate surface area is 111 Å². The van der Waals surface area contributed by atoms with Gasteiger partial charge in [0, 0.05) is 12.6 Å². The van der Waals surface area contributed by atoms with Crippen LogP contribution in [-0.2, 0) is 0 Å². The van der Waals surface area contributed by atoms with Gasteiger partial charge in [0.25, 0.3) is 0 Å². The predicted octanol–water partition coefficient (Wildman–Crippen LogP) is 2.99. The summed E-state index contributed by atoms with van der Waals surface area (Å²) < 4.78 is 0. The number of hydrogen-bond donors (Lipinski definition) is 1. The minimum atomic E-state index is 0.488. The van der Waals surface area contributed by atoms with Gasteiger partial charge >= 0.3 is 0 Å². The van der Waals surface area contributed by atoms with Gasteiger partial charge in [0.05, 0.1) is 0 Å². The fraction of sp³-hybridized carbons (Fsp3) is 0.625. The summed E-state index contributed by atoms with van der Waals surface area (Å²) in [6.45, 7) is 8.34. The Morgan fingerprint density at radius 2 is 2.17 bits per heavy atom. The highest BCUT2D eigenvalue weighted by molar-refractivity contribution is 5.28. The van der Waals surface area contributed by atoms with Crippen molar-refractivity contribution in [1.82, 2.24) is 10.2 Å². The Bertz CT molecular complexity index is 375. The van der Waals surface area contributed by atoms with Crippen molar-refractivity contribution in [2.24, 2.45) is 5.92 Å². The molecule has 2 heteroatoms. The molecule has 0 aromatic heterocycles. The van der Waals surface area contributed by atoms with Gasteiger partial charge < -0.3 is 10.2 Å². The van der Waals surface area contributed by atoms with Crippen molar-refractivity contribution in [1.29, 1.82) is 0 Å². The van der Waals surface area contributed by atoms with Crippen molar-refractivity contribution in [3.8, 4) is 0 Å². The molecule has 1 aliphatic heterocycles. The third-order valence-corrected chi connectivity index (χ3v) is 4.15. The molecule has 0 spiro atoms. The lowest BCUT2D eigenvalue weighted by Gasteiger charge is -2.22. The second-order valence-corrected chi connectivity index (χ2v) is 5.68. The molecule has 100 valence electrons. The van der Waals surface area contributed by atoms with E-state index in [0.29, 0.717) is 6.04 Å². The van der Waals surface area contributed by atoms with Gasteiger partial charge in [0.2, 0.25) is 0 Å². The fourth-order valence-corrected chi connectivity index (χ4v) is 2.97. The van der Waals surface area contributed by atoms with Crippen LogP contribution in [0.15, 0.2) is 24.3 Å². The Morgan fingerprint density at radius 3 is 2.78 bits per heavy atom. The van der Waals surface area contributed by atoms with E-state index in [1.54, 1.807) is 0 Å². The lowest BCUT2D eigenvalue weighted by atomic mass is 9.99. The van der Waals surface area contributed by atoms with E-state index in [4.69, 9.17) is 0 Å². The van der Waals surface area contributed by atoms with E-state index in [2.05, 4.69) is 55.4 Å². The smallest absolute Gasteiger partial charge is 0.0332 e. The standard InChI is InChI=1S/C16H26N2/c1-13-8-10-18(12-13)11-9-16(17-3)15-7-5-4-6-14(15)2/h4-7,13,16-17H,8-12H2,1-3H3. The Balaban J connectivity index is 1.92. The Hall–Kier alpha value is -0.860. The van der Waals surface area contributed by atoms with Gasteiger partial charge in [-0.05, 0) is 56.9 Å². The van der Waals surface area contributed by atoms with Crippen molar-refractivity contribution < 1.29 is 0 Å². The van der Waals surface area contributed by atoms with Crippen LogP contribution in [0.2, 0.25) is 0 Å². The second kappa shape index (κ2) is 6.35. The predicted molar refractivity (Wildman–Crippen MR) is 77.8 cm³/mol. The van der Waals surface area contributed by atoms with Gasteiger partial charge in [0.1, 0.15) is 0 Å². The summed E-state index contributed by atoms with van der Waals surface area (Å²) in [5.74, 6) is 0.886. The van der Waals surface area contributed by atoms with Crippen LogP contribution in [0, 0.1) is 12.8 Å². The zero-order valence-corrected chi connectivity index (χ0v) is 11.9. The van der Waals surface area contributed by atoms with Gasteiger partial charge in [-0.1, -0.05) is 31.2 Å². The SMILES string of the molecule is CNC(CCN1CCC(C)C1)c1ccccc1C. The lowest BCUT2D eigenvalue weighted by molar-refractivity contribution is 0.305. The first-order valence-corrected chi connectivity index (χ1v) is 7.16. The molecule has 1 aromatic carbocycles. The average Bonchev–Trinajstić information content (AvgIpc) is 2.78. The van der Waals surface area contributed by atoms with Crippen LogP contribution in [0.3, 0.4) is 0 Å². The van der Waals surface area contributed by atoms with Gasteiger partial charge in [-0.2, -0.15) is 0 Å². The molecule has 18 heavy (non-hydrogen) atoms. The summed E-state index contributed by atoms with van der Waals surface area (Å²) in [4.78, 5) is 2.60. The van der Waals surface area contributed by atoms with Gasteiger partial charge in [-0.3, -0.25) is 0 Å². The lowest BCUT2D eigenvalue weighted by Crippen LogP contribution is -2.27. The number of hydrogen-bond acceptors (Lipinski definition) is 2. The maximum Gasteiger partial charge on any atom is 0.0332 e. The maximum absolute atomic E-state index is 3.47. The molecule has 1 aliphatic rings. The highest BCUT2D eigenvalue weighted by atomic mass is 15.1. The fourth-order valence-electron chi connectivity index (χ4n) is 2.97. The van der Waals surface area contributed by atoms with Crippen LogP contribution in [0.5, 0.6) is 0 Å². The van der Waals surface area contributed by atoms with Crippen LogP contribution in [0.1, 0.15) is 36.9 Å². The van der Waals surface area contributed by atoms with Crippen LogP contribution in [-0.4, -0.2) is 31.6 Å². The minimum absolute atomic E-state index is 0.488. The van der Waals surface area contributed by atoms with Gasteiger partial charge in [-0.15, -0.1) is 0 Å². The summed E-state index contributed by atoms with van der Waals surface area (Å²) in [6, 6.07) is 9.21. The molecule has 0 amide bonds. The molecule has 2 nitrogen and oxygen atoms in total. The highest BCUT2D eigenvalue weighted by Gasteiger charge is 2.20. The van der Waals surface area contributed by atoms with Crippen molar-refractivity contribution in [3.05, 3.63) is 35.4 Å². The third kappa shape index (κ3) is 3.33. The van der Waals surface area contributed by atoms with E-state index in [1.807, 2.05) is 0 Å². The first-order valence-electron chi connectivity index (χ1n) is 7.16. The van der Waals surface area contributed by atoms with Crippen LogP contribution in [0.4, 0.5) is 0 Å². The maximum atomic E-state index is 3.47. The quantitative estimate of drug-likeness (QED) is 0.859. The average molecular weight is 246 g/mol. The van der Waals surface area contributed by atoms with Gasteiger partial charge in [-0.25, -0.2) is 0 Å². The third-order valence-electron chi connectivity index (χ3n) is 4.15. The zero-order valence-electron chi connectivity index (χ0n) is 11.9. The summed E-state index contributed by atoms with van der Waals surface area (Å²) in [5, 5.41) is 3.47. The molecule has 1 N–H and O–H groups in total. The largest absolute Gasteiger partial charge is 0.313 e. The normalized spacial score (nSPS) is 22.3. The first kappa shape index (κ1) is 13.6. The molecular weight excluding hydrogens is 220 g/mol. The molecule has 1 heterocycles. The van der Waals surface area contributed by atoms with E-state index in [-0.39, 0.29) is 0 Å². The van der Waals surface area contributed by atoms with Crippen LogP contribution in [0.25, 0.3) is 0 Å². The van der Waals surface area contributed by atoms with E-state index in [0.717, 1.165) is 5.92 Å². The molecule has 2 unspecified atom stereocenters. The summed E-state index contributed by atoms with van der Waals surface area (Å²) >= 11 is 0. The summed E-state index contributed by atoms with van der Waals surface area (Å²) in [5.41, 5.74) is 2.85. The second-order valence-electron chi connectivity index (χ2n) is 5.68. The van der Waals surface area contributed by atoms with Gasteiger partial charge in [0.15, 0.2) is 0 Å². The topological polar surface area (TPSA) is 15.3 Å². The molecule has 0 bridgehead atoms. The molecular formula is C16H26N2. The molecule has 1 aromatic rings. The highest BCUT2D eigenvalue weighted by Crippen LogP contribution is 2.22. The Kier molecular flexibility index (Phi) is 4.79. The first-order chi connectivity index (χ1) is 8.70. The van der Waals surface area contributed by atoms with Crippen molar-refractivity contribution >= 4 is 0 Å². The van der Waals surface area contributed by atoms with Crippen molar-refractivity contribution in [3.63, 3.8) is 0 Å². The number of nitrogens with zero attached hydrogens (tertiary/aromatic N) is 1. The van der Waals surface area contributed by atoms with Crippen LogP contribution >= 0.6 is 0 Å². The molecule has 2 rings (SSSR count). The molecule has 0 radical (unpaired) electrons. The number of nitrogens with one attached hydrogen (secondary N) is 1.